The van der Waals surface area contributed by atoms with Crippen LogP contribution in [0.1, 0.15) is 31.7 Å². The van der Waals surface area contributed by atoms with Gasteiger partial charge in [-0.15, -0.1) is 0 Å². The van der Waals surface area contributed by atoms with Gasteiger partial charge in [-0.2, -0.15) is 0 Å². The quantitative estimate of drug-likeness (QED) is 0.755. The highest BCUT2D eigenvalue weighted by Gasteiger charge is 2.31. The zero-order valence-corrected chi connectivity index (χ0v) is 13.8. The molecule has 1 aromatic carbocycles. The van der Waals surface area contributed by atoms with Crippen molar-refractivity contribution in [1.82, 2.24) is 4.90 Å². The monoisotopic (exact) mass is 323 g/mol. The van der Waals surface area contributed by atoms with Crippen LogP contribution in [0.3, 0.4) is 0 Å². The van der Waals surface area contributed by atoms with E-state index in [4.69, 9.17) is 16.3 Å². The van der Waals surface area contributed by atoms with E-state index in [1.165, 1.54) is 7.11 Å². The number of halogens is 1. The molecule has 1 unspecified atom stereocenters. The molecule has 0 bridgehead atoms. The fraction of sp³-hybridized carbons (Fsp3) is 0.529. The molecule has 1 aliphatic rings. The Morgan fingerprint density at radius 2 is 1.95 bits per heavy atom. The van der Waals surface area contributed by atoms with Crippen molar-refractivity contribution < 1.29 is 14.3 Å². The fourth-order valence-corrected chi connectivity index (χ4v) is 2.69. The molecule has 1 fully saturated rings. The van der Waals surface area contributed by atoms with Gasteiger partial charge in [-0.25, -0.2) is 0 Å². The zero-order valence-electron chi connectivity index (χ0n) is 13.0. The topological polar surface area (TPSA) is 46.6 Å². The number of carbonyl (C=O) groups is 2. The predicted octanol–water partition coefficient (Wildman–Crippen LogP) is 3.28. The summed E-state index contributed by atoms with van der Waals surface area (Å²) in [6.07, 6.45) is 3.00. The number of amides is 1. The highest BCUT2D eigenvalue weighted by molar-refractivity contribution is 6.30. The first-order valence-corrected chi connectivity index (χ1v) is 8.00. The number of benzene rings is 1. The number of hydrogen-bond acceptors (Lipinski definition) is 3. The van der Waals surface area contributed by atoms with E-state index >= 15 is 0 Å². The van der Waals surface area contributed by atoms with Crippen LogP contribution in [0.15, 0.2) is 24.3 Å². The number of nitrogens with zero attached hydrogens (tertiary/aromatic N) is 1. The molecule has 0 N–H and O–H groups in total. The minimum Gasteiger partial charge on any atom is -0.469 e. The Balaban J connectivity index is 2.08. The van der Waals surface area contributed by atoms with Gasteiger partial charge in [0.05, 0.1) is 13.0 Å². The maximum Gasteiger partial charge on any atom is 0.310 e. The van der Waals surface area contributed by atoms with Crippen molar-refractivity contribution in [2.75, 3.05) is 13.7 Å². The molecule has 0 radical (unpaired) electrons. The third-order valence-corrected chi connectivity index (χ3v) is 4.40. The molecule has 0 spiro atoms. The van der Waals surface area contributed by atoms with Gasteiger partial charge in [0.1, 0.15) is 0 Å². The molecule has 1 aliphatic carbocycles. The Hall–Kier alpha value is -1.55. The molecule has 120 valence electrons. The van der Waals surface area contributed by atoms with E-state index in [1.54, 1.807) is 11.8 Å². The van der Waals surface area contributed by atoms with Gasteiger partial charge in [0, 0.05) is 24.0 Å². The van der Waals surface area contributed by atoms with Gasteiger partial charge in [-0.1, -0.05) is 37.1 Å². The van der Waals surface area contributed by atoms with Crippen molar-refractivity contribution in [3.63, 3.8) is 0 Å². The molecule has 0 aromatic heterocycles. The molecule has 4 nitrogen and oxygen atoms in total. The summed E-state index contributed by atoms with van der Waals surface area (Å²) < 4.78 is 4.77. The third kappa shape index (κ3) is 4.23. The number of esters is 1. The van der Waals surface area contributed by atoms with E-state index in [0.717, 1.165) is 24.8 Å². The second-order valence-electron chi connectivity index (χ2n) is 5.90. The smallest absolute Gasteiger partial charge is 0.310 e. The van der Waals surface area contributed by atoms with Gasteiger partial charge in [-0.3, -0.25) is 9.59 Å². The van der Waals surface area contributed by atoms with Crippen LogP contribution in [0, 0.1) is 11.8 Å². The number of carbonyl (C=O) groups excluding carboxylic acids is 2. The summed E-state index contributed by atoms with van der Waals surface area (Å²) in [7, 11) is 1.37. The summed E-state index contributed by atoms with van der Waals surface area (Å²) >= 11 is 5.90. The first-order valence-electron chi connectivity index (χ1n) is 7.62. The normalized spacial score (nSPS) is 15.8. The van der Waals surface area contributed by atoms with Crippen LogP contribution in [0.5, 0.6) is 0 Å². The number of methoxy groups -OCH3 is 1. The van der Waals surface area contributed by atoms with Crippen molar-refractivity contribution in [3.8, 4) is 0 Å². The Morgan fingerprint density at radius 3 is 2.45 bits per heavy atom. The van der Waals surface area contributed by atoms with Crippen LogP contribution < -0.4 is 0 Å². The second kappa shape index (κ2) is 7.63. The van der Waals surface area contributed by atoms with E-state index in [0.29, 0.717) is 18.1 Å². The van der Waals surface area contributed by atoms with Gasteiger partial charge in [0.2, 0.25) is 5.91 Å². The van der Waals surface area contributed by atoms with Crippen LogP contribution in [-0.4, -0.2) is 30.4 Å². The predicted molar refractivity (Wildman–Crippen MR) is 85.4 cm³/mol. The van der Waals surface area contributed by atoms with E-state index in [-0.39, 0.29) is 23.7 Å². The molecule has 1 saturated carbocycles. The van der Waals surface area contributed by atoms with Gasteiger partial charge >= 0.3 is 5.97 Å². The van der Waals surface area contributed by atoms with Crippen LogP contribution in [0.2, 0.25) is 5.02 Å². The van der Waals surface area contributed by atoms with Crippen LogP contribution in [0.4, 0.5) is 0 Å². The van der Waals surface area contributed by atoms with Gasteiger partial charge in [0.15, 0.2) is 0 Å². The SMILES string of the molecule is COC(=O)C(C)CN(Cc1ccc(Cl)cc1)C(=O)C1CCC1. The second-order valence-corrected chi connectivity index (χ2v) is 6.33. The van der Waals surface area contributed by atoms with Crippen molar-refractivity contribution in [2.24, 2.45) is 11.8 Å². The maximum absolute atomic E-state index is 12.6. The van der Waals surface area contributed by atoms with Crippen molar-refractivity contribution in [2.45, 2.75) is 32.7 Å². The summed E-state index contributed by atoms with van der Waals surface area (Å²) in [6.45, 7) is 2.66. The lowest BCUT2D eigenvalue weighted by Crippen LogP contribution is -2.42. The van der Waals surface area contributed by atoms with Crippen LogP contribution in [0.25, 0.3) is 0 Å². The lowest BCUT2D eigenvalue weighted by Gasteiger charge is -2.33. The molecular weight excluding hydrogens is 302 g/mol. The Morgan fingerprint density at radius 1 is 1.32 bits per heavy atom. The van der Waals surface area contributed by atoms with E-state index in [9.17, 15) is 9.59 Å². The minimum atomic E-state index is -0.332. The molecule has 0 aliphatic heterocycles. The lowest BCUT2D eigenvalue weighted by molar-refractivity contribution is -0.147. The van der Waals surface area contributed by atoms with Crippen molar-refractivity contribution >= 4 is 23.5 Å². The highest BCUT2D eigenvalue weighted by Crippen LogP contribution is 2.29. The Labute approximate surface area is 136 Å². The van der Waals surface area contributed by atoms with Gasteiger partial charge < -0.3 is 9.64 Å². The molecule has 5 heteroatoms. The average Bonchev–Trinajstić information content (AvgIpc) is 2.45. The molecule has 1 amide bonds. The van der Waals surface area contributed by atoms with Crippen molar-refractivity contribution in [1.29, 1.82) is 0 Å². The highest BCUT2D eigenvalue weighted by atomic mass is 35.5. The number of rotatable bonds is 6. The fourth-order valence-electron chi connectivity index (χ4n) is 2.56. The molecule has 1 aromatic rings. The third-order valence-electron chi connectivity index (χ3n) is 4.15. The minimum absolute atomic E-state index is 0.108. The zero-order chi connectivity index (χ0) is 16.1. The molecule has 1 atom stereocenters. The summed E-state index contributed by atoms with van der Waals surface area (Å²) in [6, 6.07) is 7.44. The summed E-state index contributed by atoms with van der Waals surface area (Å²) in [5.74, 6) is -0.377. The summed E-state index contributed by atoms with van der Waals surface area (Å²) in [4.78, 5) is 26.0. The van der Waals surface area contributed by atoms with E-state index in [2.05, 4.69) is 0 Å². The molecule has 2 rings (SSSR count). The molecule has 0 heterocycles. The van der Waals surface area contributed by atoms with E-state index in [1.807, 2.05) is 24.3 Å². The Kier molecular flexibility index (Phi) is 5.83. The largest absolute Gasteiger partial charge is 0.469 e. The summed E-state index contributed by atoms with van der Waals surface area (Å²) in [5.41, 5.74) is 1.01. The van der Waals surface area contributed by atoms with E-state index < -0.39 is 0 Å². The lowest BCUT2D eigenvalue weighted by atomic mass is 9.84. The molecule has 22 heavy (non-hydrogen) atoms. The van der Waals surface area contributed by atoms with Gasteiger partial charge in [-0.05, 0) is 30.5 Å². The first kappa shape index (κ1) is 16.8. The van der Waals surface area contributed by atoms with Gasteiger partial charge in [0.25, 0.3) is 0 Å². The standard InChI is InChI=1S/C17H22ClNO3/c1-12(17(21)22-2)10-19(16(20)14-4-3-5-14)11-13-6-8-15(18)9-7-13/h6-9,12,14H,3-5,10-11H2,1-2H3. The molecular formula is C17H22ClNO3. The first-order chi connectivity index (χ1) is 10.5. The maximum atomic E-state index is 12.6. The van der Waals surface area contributed by atoms with Crippen LogP contribution >= 0.6 is 11.6 Å². The van der Waals surface area contributed by atoms with Crippen molar-refractivity contribution in [3.05, 3.63) is 34.9 Å². The Bertz CT molecular complexity index is 525. The van der Waals surface area contributed by atoms with Crippen LogP contribution in [-0.2, 0) is 20.9 Å². The number of hydrogen-bond donors (Lipinski definition) is 0. The summed E-state index contributed by atoms with van der Waals surface area (Å²) in [5, 5.41) is 0.670. The average molecular weight is 324 g/mol. The molecule has 0 saturated heterocycles. The number of ether oxygens (including phenoxy) is 1.